The van der Waals surface area contributed by atoms with Crippen molar-refractivity contribution in [3.63, 3.8) is 0 Å². The van der Waals surface area contributed by atoms with Crippen LogP contribution in [0.2, 0.25) is 0 Å². The summed E-state index contributed by atoms with van der Waals surface area (Å²) >= 11 is 1.44. The number of nitrogens with one attached hydrogen (secondary N) is 1. The SMILES string of the molecule is CC(C)NC(=O)c1sc2ncccc2c1[C@H]1CN(Cc2cccnc2N(C)C)CCO1. The number of thiophene rings is 1. The summed E-state index contributed by atoms with van der Waals surface area (Å²) in [5.41, 5.74) is 2.14. The normalized spacial score (nSPS) is 17.3. The smallest absolute Gasteiger partial charge is 0.262 e. The molecule has 0 bridgehead atoms. The molecule has 0 saturated carbocycles. The fourth-order valence-electron chi connectivity index (χ4n) is 3.99. The van der Waals surface area contributed by atoms with Gasteiger partial charge in [-0.3, -0.25) is 9.69 Å². The van der Waals surface area contributed by atoms with Gasteiger partial charge in [-0.1, -0.05) is 12.1 Å². The lowest BCUT2D eigenvalue weighted by Crippen LogP contribution is -2.39. The van der Waals surface area contributed by atoms with E-state index in [1.165, 1.54) is 16.9 Å². The fraction of sp³-hybridized carbons (Fsp3) is 0.435. The molecule has 1 atom stereocenters. The van der Waals surface area contributed by atoms with Gasteiger partial charge in [0.25, 0.3) is 5.91 Å². The van der Waals surface area contributed by atoms with Crippen LogP contribution in [0.25, 0.3) is 10.2 Å². The van der Waals surface area contributed by atoms with Gasteiger partial charge in [0.15, 0.2) is 0 Å². The van der Waals surface area contributed by atoms with Crippen molar-refractivity contribution in [3.8, 4) is 0 Å². The van der Waals surface area contributed by atoms with Crippen LogP contribution in [0.3, 0.4) is 0 Å². The average molecular weight is 440 g/mol. The summed E-state index contributed by atoms with van der Waals surface area (Å²) in [5, 5.41) is 4.03. The number of ether oxygens (including phenoxy) is 1. The lowest BCUT2D eigenvalue weighted by atomic mass is 10.0. The summed E-state index contributed by atoms with van der Waals surface area (Å²) in [6.07, 6.45) is 3.41. The Hall–Kier alpha value is -2.55. The Morgan fingerprint density at radius 2 is 2.06 bits per heavy atom. The number of morpholine rings is 1. The monoisotopic (exact) mass is 439 g/mol. The molecule has 7 nitrogen and oxygen atoms in total. The second kappa shape index (κ2) is 9.30. The highest BCUT2D eigenvalue weighted by molar-refractivity contribution is 7.20. The summed E-state index contributed by atoms with van der Waals surface area (Å²) in [6, 6.07) is 8.12. The molecule has 1 amide bonds. The topological polar surface area (TPSA) is 70.6 Å². The minimum atomic E-state index is -0.181. The Morgan fingerprint density at radius 3 is 2.84 bits per heavy atom. The molecular weight excluding hydrogens is 410 g/mol. The Kier molecular flexibility index (Phi) is 6.50. The maximum Gasteiger partial charge on any atom is 0.262 e. The number of carbonyl (C=O) groups is 1. The third-order valence-electron chi connectivity index (χ3n) is 5.29. The zero-order valence-corrected chi connectivity index (χ0v) is 19.3. The number of aromatic nitrogens is 2. The molecule has 4 heterocycles. The van der Waals surface area contributed by atoms with Crippen molar-refractivity contribution in [2.75, 3.05) is 38.7 Å². The first-order valence-electron chi connectivity index (χ1n) is 10.6. The number of pyridine rings is 2. The molecule has 0 spiro atoms. The summed E-state index contributed by atoms with van der Waals surface area (Å²) in [4.78, 5) is 28.0. The molecule has 1 N–H and O–H groups in total. The van der Waals surface area contributed by atoms with Crippen molar-refractivity contribution in [2.24, 2.45) is 0 Å². The van der Waals surface area contributed by atoms with E-state index in [2.05, 4.69) is 26.3 Å². The molecule has 4 rings (SSSR count). The van der Waals surface area contributed by atoms with E-state index in [1.54, 1.807) is 6.20 Å². The molecule has 3 aromatic heterocycles. The van der Waals surface area contributed by atoms with Crippen molar-refractivity contribution in [2.45, 2.75) is 32.5 Å². The number of nitrogens with zero attached hydrogens (tertiary/aromatic N) is 4. The van der Waals surface area contributed by atoms with E-state index in [0.29, 0.717) is 18.0 Å². The van der Waals surface area contributed by atoms with E-state index in [1.807, 2.05) is 57.2 Å². The number of anilines is 1. The number of hydrogen-bond donors (Lipinski definition) is 1. The second-order valence-electron chi connectivity index (χ2n) is 8.30. The largest absolute Gasteiger partial charge is 0.371 e. The van der Waals surface area contributed by atoms with Crippen LogP contribution in [0.4, 0.5) is 5.82 Å². The van der Waals surface area contributed by atoms with Crippen LogP contribution in [0.1, 0.15) is 40.8 Å². The van der Waals surface area contributed by atoms with Gasteiger partial charge >= 0.3 is 0 Å². The molecule has 31 heavy (non-hydrogen) atoms. The van der Waals surface area contributed by atoms with E-state index in [0.717, 1.165) is 34.7 Å². The van der Waals surface area contributed by atoms with E-state index in [4.69, 9.17) is 4.74 Å². The van der Waals surface area contributed by atoms with Gasteiger partial charge in [0.2, 0.25) is 0 Å². The summed E-state index contributed by atoms with van der Waals surface area (Å²) in [7, 11) is 4.02. The van der Waals surface area contributed by atoms with E-state index in [9.17, 15) is 4.79 Å². The van der Waals surface area contributed by atoms with Crippen molar-refractivity contribution in [3.05, 3.63) is 52.7 Å². The van der Waals surface area contributed by atoms with Crippen LogP contribution in [0.15, 0.2) is 36.7 Å². The van der Waals surface area contributed by atoms with Gasteiger partial charge in [-0.25, -0.2) is 9.97 Å². The standard InChI is InChI=1S/C23H29N5O2S/c1-15(2)26-22(29)20-19(17-8-6-10-25-23(17)31-20)18-14-28(11-12-30-18)13-16-7-5-9-24-21(16)27(3)4/h5-10,15,18H,11-14H2,1-4H3,(H,26,29)/t18-/m1/s1. The van der Waals surface area contributed by atoms with Gasteiger partial charge < -0.3 is 15.0 Å². The molecule has 0 radical (unpaired) electrons. The van der Waals surface area contributed by atoms with E-state index in [-0.39, 0.29) is 18.1 Å². The van der Waals surface area contributed by atoms with Crippen LogP contribution in [0, 0.1) is 0 Å². The van der Waals surface area contributed by atoms with Crippen LogP contribution in [-0.2, 0) is 11.3 Å². The average Bonchev–Trinajstić information content (AvgIpc) is 3.13. The maximum absolute atomic E-state index is 13.0. The Morgan fingerprint density at radius 1 is 1.29 bits per heavy atom. The molecule has 0 aromatic carbocycles. The number of amides is 1. The van der Waals surface area contributed by atoms with Gasteiger partial charge in [-0.2, -0.15) is 0 Å². The summed E-state index contributed by atoms with van der Waals surface area (Å²) < 4.78 is 6.20. The highest BCUT2D eigenvalue weighted by Gasteiger charge is 2.30. The third kappa shape index (κ3) is 4.71. The first kappa shape index (κ1) is 21.7. The van der Waals surface area contributed by atoms with Gasteiger partial charge in [0.05, 0.1) is 12.7 Å². The summed E-state index contributed by atoms with van der Waals surface area (Å²) in [6.45, 7) is 6.90. The Labute approximate surface area is 187 Å². The van der Waals surface area contributed by atoms with Gasteiger partial charge in [0, 0.05) is 68.7 Å². The zero-order valence-electron chi connectivity index (χ0n) is 18.5. The number of hydrogen-bond acceptors (Lipinski definition) is 7. The number of fused-ring (bicyclic) bond motifs is 1. The van der Waals surface area contributed by atoms with E-state index < -0.39 is 0 Å². The van der Waals surface area contributed by atoms with Gasteiger partial charge in [-0.15, -0.1) is 11.3 Å². The van der Waals surface area contributed by atoms with Crippen LogP contribution in [0.5, 0.6) is 0 Å². The van der Waals surface area contributed by atoms with E-state index >= 15 is 0 Å². The molecule has 0 aliphatic carbocycles. The quantitative estimate of drug-likeness (QED) is 0.634. The van der Waals surface area contributed by atoms with Crippen molar-refractivity contribution >= 4 is 33.3 Å². The second-order valence-corrected chi connectivity index (χ2v) is 9.30. The van der Waals surface area contributed by atoms with Crippen LogP contribution >= 0.6 is 11.3 Å². The molecular formula is C23H29N5O2S. The lowest BCUT2D eigenvalue weighted by Gasteiger charge is -2.34. The molecule has 3 aromatic rings. The molecule has 1 saturated heterocycles. The molecule has 8 heteroatoms. The van der Waals surface area contributed by atoms with Crippen molar-refractivity contribution in [1.29, 1.82) is 0 Å². The molecule has 164 valence electrons. The minimum Gasteiger partial charge on any atom is -0.371 e. The molecule has 1 aliphatic heterocycles. The van der Waals surface area contributed by atoms with Crippen LogP contribution in [-0.4, -0.2) is 60.6 Å². The lowest BCUT2D eigenvalue weighted by molar-refractivity contribution is -0.0323. The Bertz CT molecular complexity index is 1070. The van der Waals surface area contributed by atoms with Crippen molar-refractivity contribution in [1.82, 2.24) is 20.2 Å². The third-order valence-corrected chi connectivity index (χ3v) is 6.42. The maximum atomic E-state index is 13.0. The fourth-order valence-corrected chi connectivity index (χ4v) is 5.08. The molecule has 1 aliphatic rings. The van der Waals surface area contributed by atoms with Gasteiger partial charge in [-0.05, 0) is 26.0 Å². The van der Waals surface area contributed by atoms with Gasteiger partial charge in [0.1, 0.15) is 15.5 Å². The first-order valence-corrected chi connectivity index (χ1v) is 11.4. The highest BCUT2D eigenvalue weighted by Crippen LogP contribution is 2.37. The Balaban J connectivity index is 1.63. The van der Waals surface area contributed by atoms with Crippen molar-refractivity contribution < 1.29 is 9.53 Å². The number of rotatable bonds is 6. The predicted octanol–water partition coefficient (Wildman–Crippen LogP) is 3.47. The predicted molar refractivity (Wildman–Crippen MR) is 125 cm³/mol. The zero-order chi connectivity index (χ0) is 22.0. The molecule has 1 fully saturated rings. The van der Waals surface area contributed by atoms with Crippen LogP contribution < -0.4 is 10.2 Å². The first-order chi connectivity index (χ1) is 14.9. The summed E-state index contributed by atoms with van der Waals surface area (Å²) in [5.74, 6) is 0.920. The number of carbonyl (C=O) groups excluding carboxylic acids is 1. The molecule has 0 unspecified atom stereocenters. The minimum absolute atomic E-state index is 0.0594. The highest BCUT2D eigenvalue weighted by atomic mass is 32.1.